The van der Waals surface area contributed by atoms with Gasteiger partial charge in [-0.15, -0.1) is 0 Å². The number of aryl methyl sites for hydroxylation is 1. The molecule has 20 heavy (non-hydrogen) atoms. The highest BCUT2D eigenvalue weighted by Gasteiger charge is 2.11. The molecule has 0 fully saturated rings. The van der Waals surface area contributed by atoms with Crippen molar-refractivity contribution in [3.63, 3.8) is 0 Å². The topological polar surface area (TPSA) is 29.1 Å². The van der Waals surface area contributed by atoms with Crippen molar-refractivity contribution in [3.05, 3.63) is 62.8 Å². The zero-order valence-corrected chi connectivity index (χ0v) is 13.1. The summed E-state index contributed by atoms with van der Waals surface area (Å²) in [5.41, 5.74) is 2.07. The van der Waals surface area contributed by atoms with Crippen LogP contribution in [0.5, 0.6) is 0 Å². The highest BCUT2D eigenvalue weighted by molar-refractivity contribution is 9.10. The molecule has 2 nitrogen and oxygen atoms in total. The van der Waals surface area contributed by atoms with E-state index in [9.17, 15) is 9.18 Å². The van der Waals surface area contributed by atoms with Crippen molar-refractivity contribution < 1.29 is 9.18 Å². The van der Waals surface area contributed by atoms with Gasteiger partial charge in [0.25, 0.3) is 5.91 Å². The molecule has 1 N–H and O–H groups in total. The predicted octanol–water partition coefficient (Wildman–Crippen LogP) is 5.06. The average Bonchev–Trinajstić information content (AvgIpc) is 2.43. The summed E-state index contributed by atoms with van der Waals surface area (Å²) in [7, 11) is 0. The SMILES string of the molecule is CCc1cc(Br)ccc1NC(=O)c1ccc(F)c(Cl)c1. The van der Waals surface area contributed by atoms with Gasteiger partial charge in [-0.3, -0.25) is 4.79 Å². The van der Waals surface area contributed by atoms with E-state index in [1.165, 1.54) is 18.2 Å². The maximum atomic E-state index is 13.1. The molecule has 1 amide bonds. The highest BCUT2D eigenvalue weighted by Crippen LogP contribution is 2.23. The van der Waals surface area contributed by atoms with Gasteiger partial charge in [-0.05, 0) is 48.4 Å². The first-order valence-electron chi connectivity index (χ1n) is 6.06. The smallest absolute Gasteiger partial charge is 0.255 e. The Hall–Kier alpha value is -1.39. The summed E-state index contributed by atoms with van der Waals surface area (Å²) in [4.78, 5) is 12.1. The molecular formula is C15H12BrClFNO. The lowest BCUT2D eigenvalue weighted by molar-refractivity contribution is 0.102. The molecule has 0 heterocycles. The van der Waals surface area contributed by atoms with Gasteiger partial charge in [-0.2, -0.15) is 0 Å². The third kappa shape index (κ3) is 3.38. The Morgan fingerprint density at radius 2 is 2.05 bits per heavy atom. The van der Waals surface area contributed by atoms with Crippen LogP contribution in [-0.2, 0) is 6.42 Å². The fourth-order valence-corrected chi connectivity index (χ4v) is 2.40. The van der Waals surface area contributed by atoms with Gasteiger partial charge in [-0.1, -0.05) is 34.5 Å². The molecule has 0 saturated carbocycles. The first kappa shape index (κ1) is 15.0. The number of hydrogen-bond donors (Lipinski definition) is 1. The number of carbonyl (C=O) groups excluding carboxylic acids is 1. The van der Waals surface area contributed by atoms with Gasteiger partial charge in [0.1, 0.15) is 5.82 Å². The van der Waals surface area contributed by atoms with Crippen LogP contribution in [0.15, 0.2) is 40.9 Å². The Bertz CT molecular complexity index is 660. The molecule has 5 heteroatoms. The molecule has 0 unspecified atom stereocenters. The summed E-state index contributed by atoms with van der Waals surface area (Å²) in [6, 6.07) is 9.53. The first-order valence-corrected chi connectivity index (χ1v) is 7.23. The van der Waals surface area contributed by atoms with Crippen LogP contribution in [0.1, 0.15) is 22.8 Å². The minimum Gasteiger partial charge on any atom is -0.322 e. The quantitative estimate of drug-likeness (QED) is 0.818. The van der Waals surface area contributed by atoms with Crippen LogP contribution in [0, 0.1) is 5.82 Å². The van der Waals surface area contributed by atoms with Crippen molar-refractivity contribution >= 4 is 39.1 Å². The zero-order chi connectivity index (χ0) is 14.7. The van der Waals surface area contributed by atoms with Crippen LogP contribution in [-0.4, -0.2) is 5.91 Å². The van der Waals surface area contributed by atoms with E-state index in [1.54, 1.807) is 0 Å². The molecule has 0 bridgehead atoms. The number of benzene rings is 2. The largest absolute Gasteiger partial charge is 0.322 e. The van der Waals surface area contributed by atoms with Gasteiger partial charge in [0.15, 0.2) is 0 Å². The van der Waals surface area contributed by atoms with Crippen LogP contribution in [0.4, 0.5) is 10.1 Å². The maximum Gasteiger partial charge on any atom is 0.255 e. The second-order valence-electron chi connectivity index (χ2n) is 4.24. The summed E-state index contributed by atoms with van der Waals surface area (Å²) >= 11 is 9.07. The van der Waals surface area contributed by atoms with Crippen molar-refractivity contribution in [2.45, 2.75) is 13.3 Å². The summed E-state index contributed by atoms with van der Waals surface area (Å²) in [6.45, 7) is 2.01. The first-order chi connectivity index (χ1) is 9.51. The number of hydrogen-bond acceptors (Lipinski definition) is 1. The fraction of sp³-hybridized carbons (Fsp3) is 0.133. The number of amides is 1. The molecule has 2 aromatic carbocycles. The van der Waals surface area contributed by atoms with Gasteiger partial charge in [0, 0.05) is 15.7 Å². The van der Waals surface area contributed by atoms with Gasteiger partial charge in [-0.25, -0.2) is 4.39 Å². The number of anilines is 1. The van der Waals surface area contributed by atoms with Crippen molar-refractivity contribution in [3.8, 4) is 0 Å². The van der Waals surface area contributed by atoms with Crippen LogP contribution < -0.4 is 5.32 Å². The molecule has 0 saturated heterocycles. The molecule has 0 aliphatic rings. The summed E-state index contributed by atoms with van der Waals surface area (Å²) in [5, 5.41) is 2.75. The minimum atomic E-state index is -0.541. The van der Waals surface area contributed by atoms with Gasteiger partial charge in [0.05, 0.1) is 5.02 Å². The molecule has 0 aliphatic carbocycles. The predicted molar refractivity (Wildman–Crippen MR) is 82.9 cm³/mol. The lowest BCUT2D eigenvalue weighted by atomic mass is 10.1. The molecule has 0 aliphatic heterocycles. The molecule has 0 aromatic heterocycles. The van der Waals surface area contributed by atoms with E-state index in [0.717, 1.165) is 22.1 Å². The lowest BCUT2D eigenvalue weighted by Gasteiger charge is -2.10. The number of carbonyl (C=O) groups is 1. The molecule has 2 aromatic rings. The molecular weight excluding hydrogens is 345 g/mol. The third-order valence-electron chi connectivity index (χ3n) is 2.88. The van der Waals surface area contributed by atoms with E-state index in [0.29, 0.717) is 5.56 Å². The Balaban J connectivity index is 2.25. The fourth-order valence-electron chi connectivity index (χ4n) is 1.81. The normalized spacial score (nSPS) is 10.4. The summed E-state index contributed by atoms with van der Waals surface area (Å²) < 4.78 is 14.0. The Morgan fingerprint density at radius 3 is 2.70 bits per heavy atom. The molecule has 104 valence electrons. The second-order valence-corrected chi connectivity index (χ2v) is 5.56. The molecule has 0 atom stereocenters. The van der Waals surface area contributed by atoms with E-state index in [-0.39, 0.29) is 10.9 Å². The van der Waals surface area contributed by atoms with E-state index in [4.69, 9.17) is 11.6 Å². The minimum absolute atomic E-state index is 0.0656. The Morgan fingerprint density at radius 1 is 1.30 bits per heavy atom. The van der Waals surface area contributed by atoms with Crippen molar-refractivity contribution in [2.75, 3.05) is 5.32 Å². The molecule has 0 spiro atoms. The molecule has 2 rings (SSSR count). The highest BCUT2D eigenvalue weighted by atomic mass is 79.9. The summed E-state index contributed by atoms with van der Waals surface area (Å²) in [6.07, 6.45) is 0.791. The monoisotopic (exact) mass is 355 g/mol. The number of rotatable bonds is 3. The van der Waals surface area contributed by atoms with Gasteiger partial charge >= 0.3 is 0 Å². The standard InChI is InChI=1S/C15H12BrClFNO/c1-2-9-7-11(16)4-6-14(9)19-15(20)10-3-5-13(18)12(17)8-10/h3-8H,2H2,1H3,(H,19,20). The van der Waals surface area contributed by atoms with Gasteiger partial charge < -0.3 is 5.32 Å². The zero-order valence-electron chi connectivity index (χ0n) is 10.7. The van der Waals surface area contributed by atoms with E-state index in [1.807, 2.05) is 25.1 Å². The van der Waals surface area contributed by atoms with E-state index >= 15 is 0 Å². The van der Waals surface area contributed by atoms with Crippen LogP contribution in [0.2, 0.25) is 5.02 Å². The average molecular weight is 357 g/mol. The Kier molecular flexibility index (Phi) is 4.78. The van der Waals surface area contributed by atoms with Crippen molar-refractivity contribution in [1.82, 2.24) is 0 Å². The van der Waals surface area contributed by atoms with Crippen molar-refractivity contribution in [1.29, 1.82) is 0 Å². The number of halogens is 3. The lowest BCUT2D eigenvalue weighted by Crippen LogP contribution is -2.13. The van der Waals surface area contributed by atoms with Gasteiger partial charge in [0.2, 0.25) is 0 Å². The van der Waals surface area contributed by atoms with Crippen molar-refractivity contribution in [2.24, 2.45) is 0 Å². The Labute approximate surface area is 130 Å². The maximum absolute atomic E-state index is 13.1. The second kappa shape index (κ2) is 6.37. The van der Waals surface area contributed by atoms with Crippen LogP contribution in [0.3, 0.4) is 0 Å². The van der Waals surface area contributed by atoms with E-state index < -0.39 is 5.82 Å². The van der Waals surface area contributed by atoms with E-state index in [2.05, 4.69) is 21.2 Å². The van der Waals surface area contributed by atoms with Crippen LogP contribution >= 0.6 is 27.5 Å². The third-order valence-corrected chi connectivity index (χ3v) is 3.66. The van der Waals surface area contributed by atoms with Crippen LogP contribution in [0.25, 0.3) is 0 Å². The number of nitrogens with one attached hydrogen (secondary N) is 1. The molecule has 0 radical (unpaired) electrons. The summed E-state index contributed by atoms with van der Waals surface area (Å²) in [5.74, 6) is -0.856.